The number of para-hydroxylation sites is 1. The monoisotopic (exact) mass is 370 g/mol. The van der Waals surface area contributed by atoms with Gasteiger partial charge in [-0.1, -0.05) is 31.5 Å². The first-order valence-corrected chi connectivity index (χ1v) is 9.91. The van der Waals surface area contributed by atoms with Crippen molar-refractivity contribution in [3.8, 4) is 5.69 Å². The molecule has 0 aliphatic carbocycles. The lowest BCUT2D eigenvalue weighted by Gasteiger charge is -2.26. The number of nitrogens with one attached hydrogen (secondary N) is 1. The Kier molecular flexibility index (Phi) is 7.01. The maximum absolute atomic E-state index is 13.0. The summed E-state index contributed by atoms with van der Waals surface area (Å²) in [7, 11) is 0. The number of hydrogen-bond donors (Lipinski definition) is 1. The number of benzene rings is 1. The standard InChI is InChI=1S/C21H30N4O2/c1-3-8-19-20(21(26)25(23-19)18-9-5-4-6-10-18)17(2)22-11-7-12-24-13-15-27-16-14-24/h4-6,9-10,23H,3,7-8,11-16H2,1-2H3. The first kappa shape index (κ1) is 19.6. The molecule has 1 saturated heterocycles. The molecule has 3 rings (SSSR count). The van der Waals surface area contributed by atoms with E-state index in [9.17, 15) is 4.79 Å². The molecule has 0 bridgehead atoms. The maximum atomic E-state index is 13.0. The molecule has 1 aliphatic rings. The molecule has 0 radical (unpaired) electrons. The number of H-pyrrole nitrogens is 1. The Morgan fingerprint density at radius 1 is 1.22 bits per heavy atom. The van der Waals surface area contributed by atoms with Crippen molar-refractivity contribution in [2.45, 2.75) is 33.1 Å². The van der Waals surface area contributed by atoms with Gasteiger partial charge < -0.3 is 4.74 Å². The zero-order valence-electron chi connectivity index (χ0n) is 16.4. The van der Waals surface area contributed by atoms with Gasteiger partial charge in [0.15, 0.2) is 0 Å². The zero-order chi connectivity index (χ0) is 19.1. The number of nitrogens with zero attached hydrogens (tertiary/aromatic N) is 3. The van der Waals surface area contributed by atoms with E-state index in [0.29, 0.717) is 0 Å². The molecule has 0 amide bonds. The van der Waals surface area contributed by atoms with Crippen molar-refractivity contribution in [3.63, 3.8) is 0 Å². The van der Waals surface area contributed by atoms with E-state index < -0.39 is 0 Å². The lowest BCUT2D eigenvalue weighted by Crippen LogP contribution is -2.37. The number of morpholine rings is 1. The molecule has 1 aliphatic heterocycles. The number of rotatable bonds is 8. The second-order valence-corrected chi connectivity index (χ2v) is 6.97. The van der Waals surface area contributed by atoms with Crippen molar-refractivity contribution in [1.29, 1.82) is 0 Å². The number of aryl methyl sites for hydroxylation is 1. The van der Waals surface area contributed by atoms with Crippen molar-refractivity contribution >= 4 is 5.71 Å². The van der Waals surface area contributed by atoms with E-state index in [2.05, 4.69) is 16.9 Å². The van der Waals surface area contributed by atoms with Gasteiger partial charge in [-0.2, -0.15) is 0 Å². The van der Waals surface area contributed by atoms with E-state index in [4.69, 9.17) is 9.73 Å². The van der Waals surface area contributed by atoms with Gasteiger partial charge in [-0.05, 0) is 31.9 Å². The van der Waals surface area contributed by atoms with E-state index in [1.54, 1.807) is 4.68 Å². The van der Waals surface area contributed by atoms with Crippen LogP contribution in [-0.4, -0.2) is 59.8 Å². The average molecular weight is 370 g/mol. The van der Waals surface area contributed by atoms with Gasteiger partial charge in [0.2, 0.25) is 0 Å². The van der Waals surface area contributed by atoms with Gasteiger partial charge >= 0.3 is 0 Å². The summed E-state index contributed by atoms with van der Waals surface area (Å²) in [6.07, 6.45) is 2.81. The lowest BCUT2D eigenvalue weighted by molar-refractivity contribution is 0.0377. The van der Waals surface area contributed by atoms with Gasteiger partial charge in [0.1, 0.15) is 0 Å². The van der Waals surface area contributed by atoms with Crippen LogP contribution in [0.3, 0.4) is 0 Å². The number of hydrogen-bond acceptors (Lipinski definition) is 4. The van der Waals surface area contributed by atoms with Crippen LogP contribution < -0.4 is 5.56 Å². The van der Waals surface area contributed by atoms with Crippen LogP contribution in [0.2, 0.25) is 0 Å². The van der Waals surface area contributed by atoms with Gasteiger partial charge in [-0.15, -0.1) is 0 Å². The molecule has 6 heteroatoms. The van der Waals surface area contributed by atoms with Crippen LogP contribution >= 0.6 is 0 Å². The summed E-state index contributed by atoms with van der Waals surface area (Å²) in [5.74, 6) is 0. The fraction of sp³-hybridized carbons (Fsp3) is 0.524. The number of aromatic nitrogens is 2. The molecular weight excluding hydrogens is 340 g/mol. The molecule has 0 atom stereocenters. The highest BCUT2D eigenvalue weighted by Gasteiger charge is 2.17. The highest BCUT2D eigenvalue weighted by atomic mass is 16.5. The van der Waals surface area contributed by atoms with Gasteiger partial charge in [0.05, 0.1) is 24.5 Å². The summed E-state index contributed by atoms with van der Waals surface area (Å²) < 4.78 is 7.01. The summed E-state index contributed by atoms with van der Waals surface area (Å²) in [6.45, 7) is 9.50. The Balaban J connectivity index is 1.73. The molecule has 2 heterocycles. The second-order valence-electron chi connectivity index (χ2n) is 6.97. The molecule has 6 nitrogen and oxygen atoms in total. The molecular formula is C21H30N4O2. The van der Waals surface area contributed by atoms with E-state index >= 15 is 0 Å². The second kappa shape index (κ2) is 9.67. The fourth-order valence-corrected chi connectivity index (χ4v) is 3.49. The van der Waals surface area contributed by atoms with Crippen LogP contribution in [0.4, 0.5) is 0 Å². The third kappa shape index (κ3) is 4.96. The third-order valence-corrected chi connectivity index (χ3v) is 4.93. The first-order valence-electron chi connectivity index (χ1n) is 9.91. The third-order valence-electron chi connectivity index (χ3n) is 4.93. The van der Waals surface area contributed by atoms with Crippen LogP contribution in [0.15, 0.2) is 40.1 Å². The van der Waals surface area contributed by atoms with E-state index in [-0.39, 0.29) is 5.56 Å². The van der Waals surface area contributed by atoms with Gasteiger partial charge in [0.25, 0.3) is 5.56 Å². The first-order chi connectivity index (χ1) is 13.2. The van der Waals surface area contributed by atoms with Crippen LogP contribution in [-0.2, 0) is 11.2 Å². The van der Waals surface area contributed by atoms with E-state index in [1.807, 2.05) is 37.3 Å². The SMILES string of the molecule is CCCc1[nH]n(-c2ccccc2)c(=O)c1C(C)=NCCCN1CCOCC1. The molecule has 0 spiro atoms. The minimum absolute atomic E-state index is 0.0147. The van der Waals surface area contributed by atoms with Gasteiger partial charge in [-0.3, -0.25) is 19.8 Å². The van der Waals surface area contributed by atoms with Crippen molar-refractivity contribution in [2.24, 2.45) is 4.99 Å². The Bertz CT molecular complexity index is 801. The molecule has 146 valence electrons. The minimum atomic E-state index is -0.0147. The van der Waals surface area contributed by atoms with Crippen LogP contribution in [0.25, 0.3) is 5.69 Å². The Hall–Kier alpha value is -2.18. The van der Waals surface area contributed by atoms with Crippen LogP contribution in [0.5, 0.6) is 0 Å². The smallest absolute Gasteiger partial charge is 0.280 e. The van der Waals surface area contributed by atoms with Crippen LogP contribution in [0.1, 0.15) is 37.9 Å². The average Bonchev–Trinajstić information content (AvgIpc) is 3.03. The fourth-order valence-electron chi connectivity index (χ4n) is 3.49. The summed E-state index contributed by atoms with van der Waals surface area (Å²) in [5.41, 5.74) is 3.37. The molecule has 2 aromatic rings. The highest BCUT2D eigenvalue weighted by molar-refractivity contribution is 5.99. The predicted octanol–water partition coefficient (Wildman–Crippen LogP) is 2.65. The Morgan fingerprint density at radius 3 is 2.67 bits per heavy atom. The van der Waals surface area contributed by atoms with E-state index in [1.165, 1.54) is 0 Å². The van der Waals surface area contributed by atoms with Crippen molar-refractivity contribution in [1.82, 2.24) is 14.7 Å². The predicted molar refractivity (Wildman–Crippen MR) is 109 cm³/mol. The van der Waals surface area contributed by atoms with Gasteiger partial charge in [-0.25, -0.2) is 4.68 Å². The lowest BCUT2D eigenvalue weighted by atomic mass is 10.1. The number of ether oxygens (including phenoxy) is 1. The van der Waals surface area contributed by atoms with Crippen molar-refractivity contribution < 1.29 is 4.74 Å². The van der Waals surface area contributed by atoms with Gasteiger partial charge in [0, 0.05) is 37.6 Å². The normalized spacial score (nSPS) is 16.0. The minimum Gasteiger partial charge on any atom is -0.379 e. The largest absolute Gasteiger partial charge is 0.379 e. The summed E-state index contributed by atoms with van der Waals surface area (Å²) in [5, 5.41) is 3.29. The maximum Gasteiger partial charge on any atom is 0.280 e. The molecule has 1 aromatic heterocycles. The van der Waals surface area contributed by atoms with Crippen molar-refractivity contribution in [3.05, 3.63) is 51.9 Å². The topological polar surface area (TPSA) is 62.6 Å². The number of aliphatic imine (C=N–C) groups is 1. The highest BCUT2D eigenvalue weighted by Crippen LogP contribution is 2.11. The van der Waals surface area contributed by atoms with E-state index in [0.717, 1.165) is 81.3 Å². The molecule has 1 fully saturated rings. The molecule has 27 heavy (non-hydrogen) atoms. The number of aromatic amines is 1. The summed E-state index contributed by atoms with van der Waals surface area (Å²) in [4.78, 5) is 20.1. The Morgan fingerprint density at radius 2 is 1.96 bits per heavy atom. The summed E-state index contributed by atoms with van der Waals surface area (Å²) in [6, 6.07) is 9.70. The molecule has 1 N–H and O–H groups in total. The summed E-state index contributed by atoms with van der Waals surface area (Å²) >= 11 is 0. The quantitative estimate of drug-likeness (QED) is 0.574. The van der Waals surface area contributed by atoms with Crippen molar-refractivity contribution in [2.75, 3.05) is 39.4 Å². The molecule has 0 saturated carbocycles. The molecule has 0 unspecified atom stereocenters. The molecule has 1 aromatic carbocycles. The Labute approximate surface area is 160 Å². The van der Waals surface area contributed by atoms with Crippen LogP contribution in [0, 0.1) is 0 Å². The zero-order valence-corrected chi connectivity index (χ0v) is 16.4.